The fourth-order valence-corrected chi connectivity index (χ4v) is 4.27. The first-order valence-electron chi connectivity index (χ1n) is 9.33. The molecule has 0 aliphatic carbocycles. The number of rotatable bonds is 5. The number of aryl methyl sites for hydroxylation is 2. The number of carbonyl (C=O) groups excluding carboxylic acids is 1. The topological polar surface area (TPSA) is 75.6 Å². The molecule has 0 unspecified atom stereocenters. The summed E-state index contributed by atoms with van der Waals surface area (Å²) in [5.41, 5.74) is 6.38. The minimum absolute atomic E-state index is 0.467. The second kappa shape index (κ2) is 9.13. The number of amides is 2. The van der Waals surface area contributed by atoms with E-state index >= 15 is 0 Å². The van der Waals surface area contributed by atoms with Gasteiger partial charge in [0, 0.05) is 17.7 Å². The Bertz CT molecular complexity index is 1010. The molecule has 0 heterocycles. The average Bonchev–Trinajstić information content (AvgIpc) is 2.73. The summed E-state index contributed by atoms with van der Waals surface area (Å²) in [4.78, 5) is 13.4. The zero-order valence-electron chi connectivity index (χ0n) is 16.9. The maximum absolute atomic E-state index is 12.2. The lowest BCUT2D eigenvalue weighted by Gasteiger charge is -2.24. The number of thioether (sulfide) groups is 1. The second-order valence-electron chi connectivity index (χ2n) is 6.97. The van der Waals surface area contributed by atoms with Gasteiger partial charge in [-0.2, -0.15) is 0 Å². The van der Waals surface area contributed by atoms with E-state index in [1.807, 2.05) is 43.3 Å². The van der Waals surface area contributed by atoms with Crippen molar-refractivity contribution in [3.05, 3.63) is 83.4 Å². The predicted octanol–water partition coefficient (Wildman–Crippen LogP) is 4.87. The van der Waals surface area contributed by atoms with Gasteiger partial charge in [0.2, 0.25) is 0 Å². The molecule has 3 aromatic rings. The van der Waals surface area contributed by atoms with Gasteiger partial charge in [-0.3, -0.25) is 5.01 Å². The van der Waals surface area contributed by atoms with Crippen molar-refractivity contribution in [1.82, 2.24) is 5.01 Å². The molecule has 0 aliphatic rings. The van der Waals surface area contributed by atoms with E-state index in [4.69, 9.17) is 11.7 Å². The highest BCUT2D eigenvalue weighted by Crippen LogP contribution is 2.33. The fourth-order valence-electron chi connectivity index (χ4n) is 3.14. The smallest absolute Gasteiger partial charge is 0.264 e. The van der Waals surface area contributed by atoms with Crippen LogP contribution >= 0.6 is 11.8 Å². The normalized spacial score (nSPS) is 10.7. The number of carbonyl (C=O) groups is 1. The van der Waals surface area contributed by atoms with Crippen molar-refractivity contribution in [3.63, 3.8) is 0 Å². The average molecular weight is 407 g/mol. The number of benzene rings is 3. The van der Waals surface area contributed by atoms with Gasteiger partial charge in [-0.05, 0) is 53.8 Å². The zero-order chi connectivity index (χ0) is 21.0. The van der Waals surface area contributed by atoms with Gasteiger partial charge < -0.3 is 0 Å². The molecule has 5 nitrogen and oxygen atoms in total. The van der Waals surface area contributed by atoms with Crippen molar-refractivity contribution in [2.45, 2.75) is 24.5 Å². The quantitative estimate of drug-likeness (QED) is 0.274. The summed E-state index contributed by atoms with van der Waals surface area (Å²) in [7, 11) is 1.48. The van der Waals surface area contributed by atoms with E-state index in [0.717, 1.165) is 21.1 Å². The van der Waals surface area contributed by atoms with Crippen LogP contribution in [-0.4, -0.2) is 18.1 Å². The van der Waals surface area contributed by atoms with Crippen LogP contribution in [-0.2, 0) is 5.75 Å². The highest BCUT2D eigenvalue weighted by atomic mass is 32.2. The van der Waals surface area contributed by atoms with E-state index < -0.39 is 6.03 Å². The molecule has 0 saturated carbocycles. The van der Waals surface area contributed by atoms with Gasteiger partial charge in [0.05, 0.1) is 5.69 Å². The Morgan fingerprint density at radius 3 is 2.28 bits per heavy atom. The van der Waals surface area contributed by atoms with E-state index in [1.165, 1.54) is 28.6 Å². The van der Waals surface area contributed by atoms with Crippen LogP contribution in [0.15, 0.2) is 71.6 Å². The minimum Gasteiger partial charge on any atom is -0.264 e. The fraction of sp³-hybridized carbons (Fsp3) is 0.174. The molecule has 0 atom stereocenters. The molecule has 0 radical (unpaired) electrons. The van der Waals surface area contributed by atoms with Crippen molar-refractivity contribution >= 4 is 23.5 Å². The summed E-state index contributed by atoms with van der Waals surface area (Å²) in [5.74, 6) is 12.3. The van der Waals surface area contributed by atoms with Crippen LogP contribution in [0.3, 0.4) is 0 Å². The highest BCUT2D eigenvalue weighted by Gasteiger charge is 2.19. The Hall–Kier alpha value is -2.80. The van der Waals surface area contributed by atoms with Crippen LogP contribution in [0, 0.1) is 13.8 Å². The van der Waals surface area contributed by atoms with Gasteiger partial charge in [-0.1, -0.05) is 54.6 Å². The molecule has 4 N–H and O–H groups in total. The van der Waals surface area contributed by atoms with Gasteiger partial charge in [-0.15, -0.1) is 11.8 Å². The standard InChI is InChI=1S/C23H26N4OS/c1-16-8-7-11-21(27(25)23(28)26(3)24)20(16)15-29-22-13-12-19(14-17(22)2)18-9-5-4-6-10-18/h4-14H,15,24-25H2,1-3H3. The molecular formula is C23H26N4OS. The first-order valence-corrected chi connectivity index (χ1v) is 10.3. The van der Waals surface area contributed by atoms with Crippen LogP contribution < -0.4 is 16.7 Å². The molecular weight excluding hydrogens is 380 g/mol. The molecule has 6 heteroatoms. The van der Waals surface area contributed by atoms with Crippen molar-refractivity contribution in [2.24, 2.45) is 11.7 Å². The van der Waals surface area contributed by atoms with E-state index in [9.17, 15) is 4.79 Å². The third-order valence-electron chi connectivity index (χ3n) is 4.81. The summed E-state index contributed by atoms with van der Waals surface area (Å²) in [6, 6.07) is 22.1. The third-order valence-corrected chi connectivity index (χ3v) is 6.01. The Kier molecular flexibility index (Phi) is 6.59. The molecule has 150 valence electrons. The molecule has 3 rings (SSSR count). The highest BCUT2D eigenvalue weighted by molar-refractivity contribution is 7.98. The number of hydrogen-bond donors (Lipinski definition) is 2. The minimum atomic E-state index is -0.467. The van der Waals surface area contributed by atoms with Gasteiger partial charge in [0.1, 0.15) is 0 Å². The van der Waals surface area contributed by atoms with Gasteiger partial charge >= 0.3 is 6.03 Å². The monoisotopic (exact) mass is 406 g/mol. The van der Waals surface area contributed by atoms with Gasteiger partial charge in [0.15, 0.2) is 0 Å². The number of anilines is 1. The molecule has 0 aliphatic heterocycles. The number of urea groups is 1. The van der Waals surface area contributed by atoms with Crippen LogP contribution in [0.2, 0.25) is 0 Å². The number of nitrogens with zero attached hydrogens (tertiary/aromatic N) is 2. The van der Waals surface area contributed by atoms with E-state index in [1.54, 1.807) is 11.8 Å². The van der Waals surface area contributed by atoms with Gasteiger partial charge in [-0.25, -0.2) is 21.5 Å². The lowest BCUT2D eigenvalue weighted by Crippen LogP contribution is -2.49. The molecule has 0 spiro atoms. The lowest BCUT2D eigenvalue weighted by molar-refractivity contribution is 0.216. The van der Waals surface area contributed by atoms with E-state index in [2.05, 4.69) is 37.3 Å². The number of hydrazine groups is 2. The van der Waals surface area contributed by atoms with Crippen LogP contribution in [0.1, 0.15) is 16.7 Å². The largest absolute Gasteiger partial charge is 0.352 e. The molecule has 0 bridgehead atoms. The molecule has 29 heavy (non-hydrogen) atoms. The van der Waals surface area contributed by atoms with Crippen LogP contribution in [0.5, 0.6) is 0 Å². The molecule has 3 aromatic carbocycles. The lowest BCUT2D eigenvalue weighted by atomic mass is 10.0. The Balaban J connectivity index is 1.82. The van der Waals surface area contributed by atoms with Crippen molar-refractivity contribution < 1.29 is 4.79 Å². The summed E-state index contributed by atoms with van der Waals surface area (Å²) in [5, 5.41) is 2.08. The second-order valence-corrected chi connectivity index (χ2v) is 7.99. The molecule has 0 saturated heterocycles. The maximum Gasteiger partial charge on any atom is 0.352 e. The summed E-state index contributed by atoms with van der Waals surface area (Å²) >= 11 is 1.73. The Morgan fingerprint density at radius 1 is 0.897 bits per heavy atom. The predicted molar refractivity (Wildman–Crippen MR) is 121 cm³/mol. The SMILES string of the molecule is Cc1cc(-c2ccccc2)ccc1SCc1c(C)cccc1N(N)C(=O)N(C)N. The number of nitrogens with two attached hydrogens (primary N) is 2. The Morgan fingerprint density at radius 2 is 1.62 bits per heavy atom. The molecule has 0 fully saturated rings. The van der Waals surface area contributed by atoms with Crippen molar-refractivity contribution in [2.75, 3.05) is 12.1 Å². The van der Waals surface area contributed by atoms with Crippen LogP contribution in [0.25, 0.3) is 11.1 Å². The van der Waals surface area contributed by atoms with Gasteiger partial charge in [0.25, 0.3) is 0 Å². The molecule has 2 amide bonds. The number of hydrogen-bond acceptors (Lipinski definition) is 4. The maximum atomic E-state index is 12.2. The van der Waals surface area contributed by atoms with Crippen LogP contribution in [0.4, 0.5) is 10.5 Å². The summed E-state index contributed by atoms with van der Waals surface area (Å²) < 4.78 is 0. The van der Waals surface area contributed by atoms with Crippen molar-refractivity contribution in [1.29, 1.82) is 0 Å². The zero-order valence-corrected chi connectivity index (χ0v) is 17.7. The molecule has 0 aromatic heterocycles. The van der Waals surface area contributed by atoms with Crippen molar-refractivity contribution in [3.8, 4) is 11.1 Å². The van der Waals surface area contributed by atoms with E-state index in [0.29, 0.717) is 11.4 Å². The first-order chi connectivity index (χ1) is 13.9. The third kappa shape index (κ3) is 4.79. The first kappa shape index (κ1) is 20.9. The Labute approximate surface area is 176 Å². The summed E-state index contributed by atoms with van der Waals surface area (Å²) in [6.07, 6.45) is 0. The van der Waals surface area contributed by atoms with E-state index in [-0.39, 0.29) is 0 Å². The summed E-state index contributed by atoms with van der Waals surface area (Å²) in [6.45, 7) is 4.14.